The lowest BCUT2D eigenvalue weighted by atomic mass is 9.99. The number of cyclic esters (lactones) is 1. The molecule has 104 valence electrons. The van der Waals surface area contributed by atoms with Crippen molar-refractivity contribution in [1.82, 2.24) is 5.32 Å². The van der Waals surface area contributed by atoms with Crippen molar-refractivity contribution in [2.75, 3.05) is 13.4 Å². The molecule has 1 aromatic carbocycles. The molecule has 1 atom stereocenters. The third-order valence-electron chi connectivity index (χ3n) is 2.82. The van der Waals surface area contributed by atoms with Gasteiger partial charge in [0, 0.05) is 5.56 Å². The zero-order valence-corrected chi connectivity index (χ0v) is 10.3. The molecule has 2 heterocycles. The average Bonchev–Trinajstić information content (AvgIpc) is 2.80. The summed E-state index contributed by atoms with van der Waals surface area (Å²) in [5, 5.41) is 2.11. The highest BCUT2D eigenvalue weighted by Crippen LogP contribution is 2.44. The summed E-state index contributed by atoms with van der Waals surface area (Å²) >= 11 is 0. The number of nitrogens with one attached hydrogen (secondary N) is 1. The second-order valence-electron chi connectivity index (χ2n) is 4.00. The first kappa shape index (κ1) is 13.7. The van der Waals surface area contributed by atoms with Crippen LogP contribution in [0, 0.1) is 0 Å². The Balaban J connectivity index is 0.00000133. The van der Waals surface area contributed by atoms with Gasteiger partial charge in [-0.3, -0.25) is 0 Å². The van der Waals surface area contributed by atoms with E-state index in [2.05, 4.69) is 10.1 Å². The van der Waals surface area contributed by atoms with Gasteiger partial charge in [0.2, 0.25) is 6.79 Å². The highest BCUT2D eigenvalue weighted by atomic mass is 35.5. The summed E-state index contributed by atoms with van der Waals surface area (Å²) < 4.78 is 42.1. The molecular formula is C11H10ClF2NO4. The van der Waals surface area contributed by atoms with Crippen LogP contribution in [-0.4, -0.2) is 25.4 Å². The van der Waals surface area contributed by atoms with Crippen LogP contribution >= 0.6 is 12.4 Å². The van der Waals surface area contributed by atoms with E-state index in [0.29, 0.717) is 5.75 Å². The molecular weight excluding hydrogens is 284 g/mol. The predicted octanol–water partition coefficient (Wildman–Crippen LogP) is 2.25. The first-order valence-corrected chi connectivity index (χ1v) is 5.27. The fourth-order valence-electron chi connectivity index (χ4n) is 2.00. The summed E-state index contributed by atoms with van der Waals surface area (Å²) in [6, 6.07) is 3.18. The predicted molar refractivity (Wildman–Crippen MR) is 62.0 cm³/mol. The molecule has 1 N–H and O–H groups in total. The van der Waals surface area contributed by atoms with E-state index in [0.717, 1.165) is 0 Å². The summed E-state index contributed by atoms with van der Waals surface area (Å²) in [6.07, 6.45) is -0.873. The van der Waals surface area contributed by atoms with Gasteiger partial charge in [-0.1, -0.05) is 12.1 Å². The number of alkyl halides is 2. The van der Waals surface area contributed by atoms with Gasteiger partial charge in [-0.05, 0) is 6.07 Å². The number of alkyl carbamates (subject to hydrolysis) is 1. The molecule has 5 nitrogen and oxygen atoms in total. The molecule has 2 aliphatic rings. The lowest BCUT2D eigenvalue weighted by Gasteiger charge is -2.32. The Morgan fingerprint density at radius 3 is 2.84 bits per heavy atom. The van der Waals surface area contributed by atoms with Gasteiger partial charge in [-0.15, -0.1) is 12.4 Å². The Hall–Kier alpha value is -1.76. The number of carbonyl (C=O) groups excluding carboxylic acids is 1. The Morgan fingerprint density at radius 1 is 1.26 bits per heavy atom. The summed E-state index contributed by atoms with van der Waals surface area (Å²) in [5.74, 6) is -2.57. The van der Waals surface area contributed by atoms with E-state index in [-0.39, 0.29) is 30.5 Å². The number of halogens is 3. The van der Waals surface area contributed by atoms with Crippen molar-refractivity contribution in [3.63, 3.8) is 0 Å². The summed E-state index contributed by atoms with van der Waals surface area (Å²) in [4.78, 5) is 11.1. The SMILES string of the molecule is Cl.O=C1N[C@@H](c2cccc3c2OCO3)C(F)(F)CO1. The van der Waals surface area contributed by atoms with Crippen LogP contribution < -0.4 is 14.8 Å². The molecule has 1 aromatic rings. The number of amides is 1. The third-order valence-corrected chi connectivity index (χ3v) is 2.82. The molecule has 1 saturated heterocycles. The Morgan fingerprint density at radius 2 is 2.05 bits per heavy atom. The third kappa shape index (κ3) is 2.25. The summed E-state index contributed by atoms with van der Waals surface area (Å²) in [5.41, 5.74) is 0.187. The van der Waals surface area contributed by atoms with E-state index >= 15 is 0 Å². The molecule has 3 rings (SSSR count). The average molecular weight is 294 g/mol. The quantitative estimate of drug-likeness (QED) is 0.863. The van der Waals surface area contributed by atoms with Gasteiger partial charge in [-0.2, -0.15) is 0 Å². The number of hydrogen-bond acceptors (Lipinski definition) is 4. The van der Waals surface area contributed by atoms with Gasteiger partial charge in [-0.25, -0.2) is 13.6 Å². The van der Waals surface area contributed by atoms with Crippen LogP contribution in [0.1, 0.15) is 11.6 Å². The van der Waals surface area contributed by atoms with Crippen LogP contribution in [0.4, 0.5) is 13.6 Å². The molecule has 0 aliphatic carbocycles. The van der Waals surface area contributed by atoms with Crippen LogP contribution in [0.2, 0.25) is 0 Å². The summed E-state index contributed by atoms with van der Waals surface area (Å²) in [6.45, 7) is -0.969. The maximum atomic E-state index is 13.8. The molecule has 0 radical (unpaired) electrons. The molecule has 0 spiro atoms. The highest BCUT2D eigenvalue weighted by Gasteiger charge is 2.48. The second-order valence-corrected chi connectivity index (χ2v) is 4.00. The maximum Gasteiger partial charge on any atom is 0.408 e. The maximum absolute atomic E-state index is 13.8. The molecule has 1 fully saturated rings. The van der Waals surface area contributed by atoms with Crippen molar-refractivity contribution < 1.29 is 27.8 Å². The van der Waals surface area contributed by atoms with Gasteiger partial charge >= 0.3 is 12.0 Å². The zero-order chi connectivity index (χ0) is 12.8. The van der Waals surface area contributed by atoms with Crippen molar-refractivity contribution in [2.24, 2.45) is 0 Å². The fraction of sp³-hybridized carbons (Fsp3) is 0.364. The molecule has 0 saturated carbocycles. The number of carbonyl (C=O) groups is 1. The standard InChI is InChI=1S/C11H9F2NO4.ClH/c12-11(13)4-16-10(15)14-9(11)6-2-1-3-7-8(6)18-5-17-7;/h1-3,9H,4-5H2,(H,14,15);1H/t9-;/m0./s1. The topological polar surface area (TPSA) is 56.8 Å². The molecule has 0 aromatic heterocycles. The van der Waals surface area contributed by atoms with Crippen LogP contribution in [0.3, 0.4) is 0 Å². The van der Waals surface area contributed by atoms with E-state index in [1.165, 1.54) is 6.07 Å². The number of rotatable bonds is 1. The smallest absolute Gasteiger partial charge is 0.408 e. The first-order valence-electron chi connectivity index (χ1n) is 5.27. The van der Waals surface area contributed by atoms with Crippen molar-refractivity contribution in [2.45, 2.75) is 12.0 Å². The number of para-hydroxylation sites is 1. The Bertz CT molecular complexity index is 511. The molecule has 1 amide bonds. The largest absolute Gasteiger partial charge is 0.454 e. The van der Waals surface area contributed by atoms with E-state index in [1.54, 1.807) is 12.1 Å². The number of benzene rings is 1. The summed E-state index contributed by atoms with van der Waals surface area (Å²) in [7, 11) is 0. The molecule has 8 heteroatoms. The van der Waals surface area contributed by atoms with Gasteiger partial charge in [0.1, 0.15) is 6.04 Å². The van der Waals surface area contributed by atoms with Crippen LogP contribution in [0.25, 0.3) is 0 Å². The monoisotopic (exact) mass is 293 g/mol. The minimum atomic E-state index is -3.20. The number of ether oxygens (including phenoxy) is 3. The fourth-order valence-corrected chi connectivity index (χ4v) is 2.00. The van der Waals surface area contributed by atoms with Gasteiger partial charge in [0.15, 0.2) is 18.1 Å². The van der Waals surface area contributed by atoms with Crippen LogP contribution in [0.5, 0.6) is 11.5 Å². The van der Waals surface area contributed by atoms with Gasteiger partial charge < -0.3 is 19.5 Å². The Kier molecular flexibility index (Phi) is 3.40. The first-order chi connectivity index (χ1) is 8.58. The Labute approximate surface area is 113 Å². The van der Waals surface area contributed by atoms with Gasteiger partial charge in [0.25, 0.3) is 0 Å². The zero-order valence-electron chi connectivity index (χ0n) is 9.52. The minimum absolute atomic E-state index is 0. The van der Waals surface area contributed by atoms with E-state index in [4.69, 9.17) is 9.47 Å². The van der Waals surface area contributed by atoms with Crippen LogP contribution in [0.15, 0.2) is 18.2 Å². The lowest BCUT2D eigenvalue weighted by molar-refractivity contribution is -0.104. The van der Waals surface area contributed by atoms with Crippen molar-refractivity contribution in [3.8, 4) is 11.5 Å². The van der Waals surface area contributed by atoms with E-state index < -0.39 is 24.7 Å². The number of fused-ring (bicyclic) bond motifs is 1. The van der Waals surface area contributed by atoms with Crippen LogP contribution in [-0.2, 0) is 4.74 Å². The molecule has 0 bridgehead atoms. The number of hydrogen-bond donors (Lipinski definition) is 1. The van der Waals surface area contributed by atoms with Crippen molar-refractivity contribution in [1.29, 1.82) is 0 Å². The molecule has 19 heavy (non-hydrogen) atoms. The molecule has 0 unspecified atom stereocenters. The minimum Gasteiger partial charge on any atom is -0.454 e. The van der Waals surface area contributed by atoms with Crippen molar-refractivity contribution in [3.05, 3.63) is 23.8 Å². The second kappa shape index (κ2) is 4.73. The highest BCUT2D eigenvalue weighted by molar-refractivity contribution is 5.85. The van der Waals surface area contributed by atoms with E-state index in [9.17, 15) is 13.6 Å². The molecule has 2 aliphatic heterocycles. The normalized spacial score (nSPS) is 23.1. The van der Waals surface area contributed by atoms with E-state index in [1.807, 2.05) is 0 Å². The van der Waals surface area contributed by atoms with Crippen molar-refractivity contribution >= 4 is 18.5 Å². The lowest BCUT2D eigenvalue weighted by Crippen LogP contribution is -2.49. The van der Waals surface area contributed by atoms with Gasteiger partial charge in [0.05, 0.1) is 0 Å².